The van der Waals surface area contributed by atoms with Crippen molar-refractivity contribution in [2.45, 2.75) is 20.0 Å². The second kappa shape index (κ2) is 7.58. The van der Waals surface area contributed by atoms with Gasteiger partial charge >= 0.3 is 0 Å². The summed E-state index contributed by atoms with van der Waals surface area (Å²) in [5, 5.41) is 0. The fraction of sp³-hybridized carbons (Fsp3) is 0.875. The van der Waals surface area contributed by atoms with Crippen molar-refractivity contribution in [3.05, 3.63) is 0 Å². The van der Waals surface area contributed by atoms with Gasteiger partial charge in [0.25, 0.3) is 0 Å². The van der Waals surface area contributed by atoms with Gasteiger partial charge in [0.05, 0.1) is 19.8 Å². The molecular formula is C8H16O3S. The lowest BCUT2D eigenvalue weighted by molar-refractivity contribution is -0.128. The minimum absolute atomic E-state index is 0.0456. The number of hydrogen-bond donors (Lipinski definition) is 1. The first kappa shape index (κ1) is 11.9. The van der Waals surface area contributed by atoms with E-state index in [0.717, 1.165) is 0 Å². The average molecular weight is 192 g/mol. The lowest BCUT2D eigenvalue weighted by Gasteiger charge is -2.09. The van der Waals surface area contributed by atoms with Gasteiger partial charge in [-0.05, 0) is 13.8 Å². The zero-order chi connectivity index (χ0) is 9.40. The first-order valence-electron chi connectivity index (χ1n) is 3.99. The summed E-state index contributed by atoms with van der Waals surface area (Å²) < 4.78 is 10.3. The predicted molar refractivity (Wildman–Crippen MR) is 50.8 cm³/mol. The maximum absolute atomic E-state index is 10.7. The molecule has 0 heterocycles. The molecule has 0 aliphatic rings. The Balaban J connectivity index is 3.14. The highest BCUT2D eigenvalue weighted by atomic mass is 32.1. The summed E-state index contributed by atoms with van der Waals surface area (Å²) in [7, 11) is 0. The highest BCUT2D eigenvalue weighted by molar-refractivity contribution is 7.80. The molecule has 0 saturated heterocycles. The van der Waals surface area contributed by atoms with Gasteiger partial charge in [-0.1, -0.05) is 0 Å². The molecule has 0 aromatic heterocycles. The minimum atomic E-state index is -0.315. The Morgan fingerprint density at radius 3 is 2.58 bits per heavy atom. The molecule has 72 valence electrons. The third-order valence-corrected chi connectivity index (χ3v) is 1.59. The monoisotopic (exact) mass is 192 g/mol. The topological polar surface area (TPSA) is 35.5 Å². The molecule has 0 amide bonds. The Hall–Kier alpha value is -0.0600. The van der Waals surface area contributed by atoms with E-state index in [9.17, 15) is 4.79 Å². The van der Waals surface area contributed by atoms with E-state index in [2.05, 4.69) is 12.6 Å². The largest absolute Gasteiger partial charge is 0.378 e. The molecule has 0 aliphatic carbocycles. The van der Waals surface area contributed by atoms with Gasteiger partial charge in [0.15, 0.2) is 5.78 Å². The van der Waals surface area contributed by atoms with E-state index in [1.165, 1.54) is 6.92 Å². The SMILES string of the molecule is CC(=O)[C@H](C)OCCOCCS. The molecule has 0 spiro atoms. The lowest BCUT2D eigenvalue weighted by Crippen LogP contribution is -2.20. The second-order valence-corrected chi connectivity index (χ2v) is 2.91. The molecule has 0 bridgehead atoms. The molecule has 3 nitrogen and oxygen atoms in total. The molecule has 0 rings (SSSR count). The Kier molecular flexibility index (Phi) is 7.54. The van der Waals surface area contributed by atoms with Gasteiger partial charge in [0.1, 0.15) is 6.10 Å². The molecule has 0 fully saturated rings. The number of carbonyl (C=O) groups is 1. The third-order valence-electron chi connectivity index (χ3n) is 1.40. The Morgan fingerprint density at radius 2 is 2.08 bits per heavy atom. The number of rotatable bonds is 7. The lowest BCUT2D eigenvalue weighted by atomic mass is 10.3. The highest BCUT2D eigenvalue weighted by Crippen LogP contribution is 1.91. The van der Waals surface area contributed by atoms with Gasteiger partial charge in [-0.15, -0.1) is 0 Å². The van der Waals surface area contributed by atoms with Crippen molar-refractivity contribution in [1.82, 2.24) is 0 Å². The van der Waals surface area contributed by atoms with Gasteiger partial charge in [0.2, 0.25) is 0 Å². The molecule has 0 saturated carbocycles. The fourth-order valence-corrected chi connectivity index (χ4v) is 0.697. The summed E-state index contributed by atoms with van der Waals surface area (Å²) >= 11 is 3.98. The number of hydrogen-bond acceptors (Lipinski definition) is 4. The molecule has 1 atom stereocenters. The smallest absolute Gasteiger partial charge is 0.158 e. The van der Waals surface area contributed by atoms with E-state index in [-0.39, 0.29) is 11.9 Å². The summed E-state index contributed by atoms with van der Waals surface area (Å²) in [5.41, 5.74) is 0. The van der Waals surface area contributed by atoms with Crippen molar-refractivity contribution in [1.29, 1.82) is 0 Å². The van der Waals surface area contributed by atoms with Crippen LogP contribution in [0.25, 0.3) is 0 Å². The van der Waals surface area contributed by atoms with Crippen LogP contribution in [-0.2, 0) is 14.3 Å². The third kappa shape index (κ3) is 6.64. The molecule has 0 aliphatic heterocycles. The Bertz CT molecular complexity index is 127. The number of thiol groups is 1. The number of carbonyl (C=O) groups excluding carboxylic acids is 1. The summed E-state index contributed by atoms with van der Waals surface area (Å²) in [6, 6.07) is 0. The second-order valence-electron chi connectivity index (χ2n) is 2.46. The summed E-state index contributed by atoms with van der Waals surface area (Å²) in [6.45, 7) is 4.87. The first-order chi connectivity index (χ1) is 5.68. The number of Topliss-reactive ketones (excluding diaryl/α,β-unsaturated/α-hetero) is 1. The van der Waals surface area contributed by atoms with Crippen molar-refractivity contribution in [3.63, 3.8) is 0 Å². The van der Waals surface area contributed by atoms with E-state index in [4.69, 9.17) is 9.47 Å². The van der Waals surface area contributed by atoms with E-state index in [0.29, 0.717) is 25.6 Å². The zero-order valence-electron chi connectivity index (χ0n) is 7.58. The molecule has 0 aromatic rings. The number of ketones is 1. The first-order valence-corrected chi connectivity index (χ1v) is 4.62. The maximum Gasteiger partial charge on any atom is 0.158 e. The molecule has 0 radical (unpaired) electrons. The fourth-order valence-electron chi connectivity index (χ4n) is 0.568. The highest BCUT2D eigenvalue weighted by Gasteiger charge is 2.05. The van der Waals surface area contributed by atoms with Crippen LogP contribution in [0.3, 0.4) is 0 Å². The summed E-state index contributed by atoms with van der Waals surface area (Å²) in [4.78, 5) is 10.7. The van der Waals surface area contributed by atoms with Gasteiger partial charge < -0.3 is 9.47 Å². The van der Waals surface area contributed by atoms with Crippen LogP contribution in [0.15, 0.2) is 0 Å². The molecule has 0 unspecified atom stereocenters. The Labute approximate surface area is 78.8 Å². The van der Waals surface area contributed by atoms with E-state index in [1.807, 2.05) is 0 Å². The van der Waals surface area contributed by atoms with Crippen LogP contribution in [-0.4, -0.2) is 37.5 Å². The minimum Gasteiger partial charge on any atom is -0.378 e. The number of ether oxygens (including phenoxy) is 2. The van der Waals surface area contributed by atoms with Crippen LogP contribution < -0.4 is 0 Å². The van der Waals surface area contributed by atoms with Crippen LogP contribution in [0, 0.1) is 0 Å². The van der Waals surface area contributed by atoms with E-state index in [1.54, 1.807) is 6.92 Å². The normalized spacial score (nSPS) is 12.9. The van der Waals surface area contributed by atoms with Crippen molar-refractivity contribution in [2.24, 2.45) is 0 Å². The van der Waals surface area contributed by atoms with Gasteiger partial charge in [-0.2, -0.15) is 12.6 Å². The van der Waals surface area contributed by atoms with Crippen LogP contribution >= 0.6 is 12.6 Å². The quantitative estimate of drug-likeness (QED) is 0.481. The van der Waals surface area contributed by atoms with Crippen LogP contribution in [0.5, 0.6) is 0 Å². The van der Waals surface area contributed by atoms with Crippen molar-refractivity contribution >= 4 is 18.4 Å². The van der Waals surface area contributed by atoms with Gasteiger partial charge in [-0.3, -0.25) is 4.79 Å². The van der Waals surface area contributed by atoms with Crippen molar-refractivity contribution in [3.8, 4) is 0 Å². The molecular weight excluding hydrogens is 176 g/mol. The van der Waals surface area contributed by atoms with Crippen LogP contribution in [0.4, 0.5) is 0 Å². The summed E-state index contributed by atoms with van der Waals surface area (Å²) in [5.74, 6) is 0.756. The molecule has 4 heteroatoms. The van der Waals surface area contributed by atoms with E-state index >= 15 is 0 Å². The van der Waals surface area contributed by atoms with Gasteiger partial charge in [0, 0.05) is 5.75 Å². The molecule has 0 aromatic carbocycles. The Morgan fingerprint density at radius 1 is 1.42 bits per heavy atom. The zero-order valence-corrected chi connectivity index (χ0v) is 8.47. The van der Waals surface area contributed by atoms with Gasteiger partial charge in [-0.25, -0.2) is 0 Å². The van der Waals surface area contributed by atoms with Crippen LogP contribution in [0.1, 0.15) is 13.8 Å². The van der Waals surface area contributed by atoms with Crippen LogP contribution in [0.2, 0.25) is 0 Å². The van der Waals surface area contributed by atoms with Crippen molar-refractivity contribution < 1.29 is 14.3 Å². The summed E-state index contributed by atoms with van der Waals surface area (Å²) in [6.07, 6.45) is -0.315. The van der Waals surface area contributed by atoms with Crippen molar-refractivity contribution in [2.75, 3.05) is 25.6 Å². The standard InChI is InChI=1S/C8H16O3S/c1-7(9)8(2)11-4-3-10-5-6-12/h8,12H,3-6H2,1-2H3/t8-/m0/s1. The maximum atomic E-state index is 10.7. The molecule has 0 N–H and O–H groups in total. The predicted octanol–water partition coefficient (Wildman–Crippen LogP) is 0.927. The molecule has 12 heavy (non-hydrogen) atoms. The average Bonchev–Trinajstić information content (AvgIpc) is 2.03. The van der Waals surface area contributed by atoms with E-state index < -0.39 is 0 Å².